The summed E-state index contributed by atoms with van der Waals surface area (Å²) in [5, 5.41) is 0. The van der Waals surface area contributed by atoms with Crippen molar-refractivity contribution in [3.8, 4) is 0 Å². The van der Waals surface area contributed by atoms with Crippen LogP contribution in [0.4, 0.5) is 4.39 Å². The highest BCUT2D eigenvalue weighted by molar-refractivity contribution is 9.10. The molecule has 1 aromatic rings. The van der Waals surface area contributed by atoms with E-state index in [2.05, 4.69) is 15.9 Å². The average molecular weight is 322 g/mol. The van der Waals surface area contributed by atoms with E-state index in [1.807, 2.05) is 6.07 Å². The van der Waals surface area contributed by atoms with Crippen LogP contribution in [-0.4, -0.2) is 19.1 Å². The van der Waals surface area contributed by atoms with Gasteiger partial charge >= 0.3 is 0 Å². The lowest BCUT2D eigenvalue weighted by molar-refractivity contribution is 0.00466. The van der Waals surface area contributed by atoms with Crippen molar-refractivity contribution in [2.24, 2.45) is 5.41 Å². The van der Waals surface area contributed by atoms with E-state index in [4.69, 9.17) is 16.3 Å². The van der Waals surface area contributed by atoms with Crippen LogP contribution in [0, 0.1) is 11.2 Å². The minimum absolute atomic E-state index is 0.0455. The Bertz CT molecular complexity index is 391. The lowest BCUT2D eigenvalue weighted by atomic mass is 9.79. The third-order valence-electron chi connectivity index (χ3n) is 3.28. The molecule has 1 heterocycles. The molecule has 1 atom stereocenters. The topological polar surface area (TPSA) is 9.23 Å². The van der Waals surface area contributed by atoms with Gasteiger partial charge in [0.15, 0.2) is 0 Å². The van der Waals surface area contributed by atoms with Gasteiger partial charge in [-0.15, -0.1) is 11.6 Å². The molecule has 94 valence electrons. The SMILES string of the molecule is Fc1cccc(CC2(CCl)CCCOC2)c1Br. The van der Waals surface area contributed by atoms with Gasteiger partial charge in [0, 0.05) is 17.9 Å². The molecular weight excluding hydrogens is 306 g/mol. The van der Waals surface area contributed by atoms with Gasteiger partial charge in [0.1, 0.15) is 5.82 Å². The van der Waals surface area contributed by atoms with Crippen molar-refractivity contribution in [2.45, 2.75) is 19.3 Å². The summed E-state index contributed by atoms with van der Waals surface area (Å²) in [4.78, 5) is 0. The number of halogens is 3. The van der Waals surface area contributed by atoms with Gasteiger partial charge in [0.2, 0.25) is 0 Å². The predicted octanol–water partition coefficient (Wildman–Crippen LogP) is 4.17. The Morgan fingerprint density at radius 1 is 1.47 bits per heavy atom. The van der Waals surface area contributed by atoms with E-state index in [0.717, 1.165) is 31.4 Å². The average Bonchev–Trinajstić information content (AvgIpc) is 2.36. The minimum Gasteiger partial charge on any atom is -0.381 e. The van der Waals surface area contributed by atoms with Crippen LogP contribution >= 0.6 is 27.5 Å². The molecule has 1 unspecified atom stereocenters. The van der Waals surface area contributed by atoms with Crippen molar-refractivity contribution in [1.29, 1.82) is 0 Å². The van der Waals surface area contributed by atoms with E-state index in [-0.39, 0.29) is 11.2 Å². The van der Waals surface area contributed by atoms with Crippen molar-refractivity contribution in [3.05, 3.63) is 34.1 Å². The van der Waals surface area contributed by atoms with E-state index in [1.54, 1.807) is 6.07 Å². The van der Waals surface area contributed by atoms with Crippen LogP contribution in [0.2, 0.25) is 0 Å². The van der Waals surface area contributed by atoms with Crippen LogP contribution < -0.4 is 0 Å². The summed E-state index contributed by atoms with van der Waals surface area (Å²) in [5.74, 6) is 0.333. The minimum atomic E-state index is -0.219. The maximum atomic E-state index is 13.5. The third-order valence-corrected chi connectivity index (χ3v) is 4.74. The van der Waals surface area contributed by atoms with Gasteiger partial charge < -0.3 is 4.74 Å². The van der Waals surface area contributed by atoms with Gasteiger partial charge in [-0.05, 0) is 46.8 Å². The maximum Gasteiger partial charge on any atom is 0.137 e. The zero-order chi connectivity index (χ0) is 12.3. The molecule has 0 bridgehead atoms. The highest BCUT2D eigenvalue weighted by Gasteiger charge is 2.33. The quantitative estimate of drug-likeness (QED) is 0.759. The van der Waals surface area contributed by atoms with Crippen molar-refractivity contribution >= 4 is 27.5 Å². The summed E-state index contributed by atoms with van der Waals surface area (Å²) in [7, 11) is 0. The van der Waals surface area contributed by atoms with E-state index in [9.17, 15) is 4.39 Å². The maximum absolute atomic E-state index is 13.5. The molecule has 1 saturated heterocycles. The van der Waals surface area contributed by atoms with E-state index >= 15 is 0 Å². The summed E-state index contributed by atoms with van der Waals surface area (Å²) < 4.78 is 19.5. The van der Waals surface area contributed by atoms with Crippen LogP contribution in [0.1, 0.15) is 18.4 Å². The van der Waals surface area contributed by atoms with Crippen molar-refractivity contribution < 1.29 is 9.13 Å². The highest BCUT2D eigenvalue weighted by atomic mass is 79.9. The number of hydrogen-bond acceptors (Lipinski definition) is 1. The lowest BCUT2D eigenvalue weighted by Crippen LogP contribution is -2.35. The molecule has 0 radical (unpaired) electrons. The molecule has 0 amide bonds. The second-order valence-corrected chi connectivity index (χ2v) is 5.74. The first-order valence-electron chi connectivity index (χ1n) is 5.73. The fourth-order valence-electron chi connectivity index (χ4n) is 2.29. The van der Waals surface area contributed by atoms with Gasteiger partial charge in [-0.3, -0.25) is 0 Å². The molecular formula is C13H15BrClFO. The van der Waals surface area contributed by atoms with Crippen LogP contribution in [0.15, 0.2) is 22.7 Å². The predicted molar refractivity (Wildman–Crippen MR) is 71.0 cm³/mol. The Morgan fingerprint density at radius 3 is 2.94 bits per heavy atom. The van der Waals surface area contributed by atoms with Crippen molar-refractivity contribution in [3.63, 3.8) is 0 Å². The standard InChI is InChI=1S/C13H15BrClFO/c14-12-10(3-1-4-11(12)16)7-13(8-15)5-2-6-17-9-13/h1,3-4H,2,5-9H2. The molecule has 0 N–H and O–H groups in total. The number of hydrogen-bond donors (Lipinski definition) is 0. The fourth-order valence-corrected chi connectivity index (χ4v) is 3.00. The Labute approximate surface area is 114 Å². The number of rotatable bonds is 3. The van der Waals surface area contributed by atoms with Gasteiger partial charge in [-0.25, -0.2) is 4.39 Å². The van der Waals surface area contributed by atoms with Crippen LogP contribution in [0.5, 0.6) is 0 Å². The monoisotopic (exact) mass is 320 g/mol. The Hall–Kier alpha value is -0.120. The van der Waals surface area contributed by atoms with Gasteiger partial charge in [0.05, 0.1) is 11.1 Å². The number of ether oxygens (including phenoxy) is 1. The largest absolute Gasteiger partial charge is 0.381 e. The first-order valence-corrected chi connectivity index (χ1v) is 7.06. The first kappa shape index (κ1) is 13.3. The van der Waals surface area contributed by atoms with Crippen LogP contribution in [0.3, 0.4) is 0 Å². The molecule has 4 heteroatoms. The summed E-state index contributed by atoms with van der Waals surface area (Å²) in [6.07, 6.45) is 2.83. The molecule has 0 spiro atoms. The fraction of sp³-hybridized carbons (Fsp3) is 0.538. The second-order valence-electron chi connectivity index (χ2n) is 4.68. The summed E-state index contributed by atoms with van der Waals surface area (Å²) in [6.45, 7) is 1.47. The zero-order valence-corrected chi connectivity index (χ0v) is 11.9. The molecule has 0 saturated carbocycles. The summed E-state index contributed by atoms with van der Waals surface area (Å²) in [6, 6.07) is 5.13. The molecule has 1 aliphatic rings. The lowest BCUT2D eigenvalue weighted by Gasteiger charge is -2.35. The molecule has 1 fully saturated rings. The molecule has 1 nitrogen and oxygen atoms in total. The molecule has 0 aromatic heterocycles. The molecule has 1 aromatic carbocycles. The van der Waals surface area contributed by atoms with E-state index in [1.165, 1.54) is 6.07 Å². The zero-order valence-electron chi connectivity index (χ0n) is 9.52. The Balaban J connectivity index is 2.20. The Morgan fingerprint density at radius 2 is 2.29 bits per heavy atom. The summed E-state index contributed by atoms with van der Waals surface area (Å²) >= 11 is 9.39. The van der Waals surface area contributed by atoms with Crippen LogP contribution in [0.25, 0.3) is 0 Å². The third kappa shape index (κ3) is 3.01. The van der Waals surface area contributed by atoms with Gasteiger partial charge in [-0.1, -0.05) is 12.1 Å². The summed E-state index contributed by atoms with van der Waals surface area (Å²) in [5.41, 5.74) is 0.923. The van der Waals surface area contributed by atoms with E-state index < -0.39 is 0 Å². The number of alkyl halides is 1. The molecule has 0 aliphatic carbocycles. The van der Waals surface area contributed by atoms with Gasteiger partial charge in [0.25, 0.3) is 0 Å². The highest BCUT2D eigenvalue weighted by Crippen LogP contribution is 2.36. The molecule has 2 rings (SSSR count). The first-order chi connectivity index (χ1) is 8.17. The smallest absolute Gasteiger partial charge is 0.137 e. The second kappa shape index (κ2) is 5.68. The van der Waals surface area contributed by atoms with E-state index in [0.29, 0.717) is 17.0 Å². The van der Waals surface area contributed by atoms with Gasteiger partial charge in [-0.2, -0.15) is 0 Å². The van der Waals surface area contributed by atoms with Crippen LogP contribution in [-0.2, 0) is 11.2 Å². The molecule has 1 aliphatic heterocycles. The Kier molecular flexibility index (Phi) is 4.45. The van der Waals surface area contributed by atoms with Crippen molar-refractivity contribution in [2.75, 3.05) is 19.1 Å². The van der Waals surface area contributed by atoms with Crippen molar-refractivity contribution in [1.82, 2.24) is 0 Å². The normalized spacial score (nSPS) is 24.9. The molecule has 17 heavy (non-hydrogen) atoms. The number of benzene rings is 1.